The molecule has 1 aromatic carbocycles. The molecule has 24 heavy (non-hydrogen) atoms. The highest BCUT2D eigenvalue weighted by molar-refractivity contribution is 6.42. The largest absolute Gasteiger partial charge is 0.273 e. The molecular formula is C19H26Cl2N2O. The fourth-order valence-electron chi connectivity index (χ4n) is 3.24. The van der Waals surface area contributed by atoms with Crippen LogP contribution >= 0.6 is 23.2 Å². The Hall–Kier alpha value is -1.06. The van der Waals surface area contributed by atoms with E-state index in [1.165, 1.54) is 0 Å². The van der Waals surface area contributed by atoms with Crippen molar-refractivity contribution in [2.75, 3.05) is 0 Å². The van der Waals surface area contributed by atoms with Crippen LogP contribution in [0.4, 0.5) is 0 Å². The Labute approximate surface area is 154 Å². The van der Waals surface area contributed by atoms with Crippen molar-refractivity contribution in [1.82, 2.24) is 5.43 Å². The number of halogens is 2. The molecule has 0 aromatic heterocycles. The Kier molecular flexibility index (Phi) is 6.33. The van der Waals surface area contributed by atoms with Crippen molar-refractivity contribution in [3.63, 3.8) is 0 Å². The van der Waals surface area contributed by atoms with E-state index in [-0.39, 0.29) is 11.8 Å². The van der Waals surface area contributed by atoms with E-state index in [0.717, 1.165) is 31.2 Å². The van der Waals surface area contributed by atoms with Gasteiger partial charge in [-0.1, -0.05) is 50.0 Å². The highest BCUT2D eigenvalue weighted by Crippen LogP contribution is 2.39. The Morgan fingerprint density at radius 3 is 2.29 bits per heavy atom. The molecule has 0 unspecified atom stereocenters. The van der Waals surface area contributed by atoms with Crippen molar-refractivity contribution in [3.05, 3.63) is 33.8 Å². The maximum absolute atomic E-state index is 12.3. The number of rotatable bonds is 3. The smallest absolute Gasteiger partial charge is 0.243 e. The van der Waals surface area contributed by atoms with Crippen LogP contribution in [0.15, 0.2) is 23.3 Å². The fraction of sp³-hybridized carbons (Fsp3) is 0.579. The van der Waals surface area contributed by atoms with Crippen LogP contribution in [0, 0.1) is 17.3 Å². The molecule has 0 saturated heterocycles. The number of carbonyl (C=O) groups is 1. The molecule has 1 amide bonds. The lowest BCUT2D eigenvalue weighted by Gasteiger charge is -2.36. The van der Waals surface area contributed by atoms with Crippen molar-refractivity contribution in [2.45, 2.75) is 53.4 Å². The SMILES string of the molecule is C/C(=N\NC(=O)C1CCC(C(C)(C)C)CC1)c1ccc(Cl)c(Cl)c1. The summed E-state index contributed by atoms with van der Waals surface area (Å²) in [5.74, 6) is 0.777. The van der Waals surface area contributed by atoms with E-state index < -0.39 is 0 Å². The third kappa shape index (κ3) is 4.97. The molecule has 1 aromatic rings. The summed E-state index contributed by atoms with van der Waals surface area (Å²) >= 11 is 11.9. The van der Waals surface area contributed by atoms with E-state index in [2.05, 4.69) is 31.3 Å². The monoisotopic (exact) mass is 368 g/mol. The number of hydrazone groups is 1. The van der Waals surface area contributed by atoms with E-state index in [9.17, 15) is 4.79 Å². The topological polar surface area (TPSA) is 41.5 Å². The zero-order valence-corrected chi connectivity index (χ0v) is 16.3. The normalized spacial score (nSPS) is 22.3. The first-order chi connectivity index (χ1) is 11.2. The van der Waals surface area contributed by atoms with Gasteiger partial charge in [-0.3, -0.25) is 4.79 Å². The molecule has 0 heterocycles. The van der Waals surface area contributed by atoms with E-state index in [1.807, 2.05) is 13.0 Å². The van der Waals surface area contributed by atoms with E-state index in [0.29, 0.717) is 27.1 Å². The number of hydrogen-bond donors (Lipinski definition) is 1. The van der Waals surface area contributed by atoms with Gasteiger partial charge < -0.3 is 0 Å². The molecule has 2 rings (SSSR count). The summed E-state index contributed by atoms with van der Waals surface area (Å²) in [6.07, 6.45) is 4.10. The van der Waals surface area contributed by atoms with Gasteiger partial charge in [-0.25, -0.2) is 5.43 Å². The van der Waals surface area contributed by atoms with Gasteiger partial charge in [0.2, 0.25) is 5.91 Å². The van der Waals surface area contributed by atoms with Gasteiger partial charge >= 0.3 is 0 Å². The highest BCUT2D eigenvalue weighted by Gasteiger charge is 2.32. The molecule has 0 spiro atoms. The minimum absolute atomic E-state index is 0.0155. The third-order valence-corrected chi connectivity index (χ3v) is 5.73. The molecule has 0 atom stereocenters. The fourth-order valence-corrected chi connectivity index (χ4v) is 3.54. The summed E-state index contributed by atoms with van der Waals surface area (Å²) in [7, 11) is 0. The van der Waals surface area contributed by atoms with Gasteiger partial charge in [0.15, 0.2) is 0 Å². The Morgan fingerprint density at radius 2 is 1.75 bits per heavy atom. The van der Waals surface area contributed by atoms with Crippen LogP contribution in [-0.4, -0.2) is 11.6 Å². The number of hydrogen-bond acceptors (Lipinski definition) is 2. The molecule has 1 aliphatic carbocycles. The van der Waals surface area contributed by atoms with Crippen molar-refractivity contribution in [2.24, 2.45) is 22.4 Å². The number of amides is 1. The molecule has 0 bridgehead atoms. The molecular weight excluding hydrogens is 343 g/mol. The quantitative estimate of drug-likeness (QED) is 0.540. The summed E-state index contributed by atoms with van der Waals surface area (Å²) in [6, 6.07) is 5.32. The highest BCUT2D eigenvalue weighted by atomic mass is 35.5. The number of nitrogens with zero attached hydrogens (tertiary/aromatic N) is 1. The first kappa shape index (κ1) is 19.3. The molecule has 0 radical (unpaired) electrons. The lowest BCUT2D eigenvalue weighted by molar-refractivity contribution is -0.126. The van der Waals surface area contributed by atoms with Crippen LogP contribution < -0.4 is 5.43 Å². The average molecular weight is 369 g/mol. The van der Waals surface area contributed by atoms with Gasteiger partial charge in [0, 0.05) is 5.92 Å². The molecule has 0 aliphatic heterocycles. The van der Waals surface area contributed by atoms with Crippen LogP contribution in [0.3, 0.4) is 0 Å². The summed E-state index contributed by atoms with van der Waals surface area (Å²) in [6.45, 7) is 8.69. The van der Waals surface area contributed by atoms with Gasteiger partial charge in [0.05, 0.1) is 15.8 Å². The third-order valence-electron chi connectivity index (χ3n) is 4.99. The van der Waals surface area contributed by atoms with Crippen LogP contribution in [0.5, 0.6) is 0 Å². The van der Waals surface area contributed by atoms with Gasteiger partial charge in [-0.05, 0) is 61.6 Å². The summed E-state index contributed by atoms with van der Waals surface area (Å²) < 4.78 is 0. The second kappa shape index (κ2) is 7.88. The van der Waals surface area contributed by atoms with Crippen molar-refractivity contribution in [1.29, 1.82) is 0 Å². The summed E-state index contributed by atoms with van der Waals surface area (Å²) in [5.41, 5.74) is 4.60. The van der Waals surface area contributed by atoms with Crippen LogP contribution in [0.25, 0.3) is 0 Å². The Bertz CT molecular complexity index is 627. The standard InChI is InChI=1S/C19H26Cl2N2O/c1-12(14-7-10-16(20)17(21)11-14)22-23-18(24)13-5-8-15(9-6-13)19(2,3)4/h7,10-11,13,15H,5-6,8-9H2,1-4H3,(H,23,24)/b22-12+. The van der Waals surface area contributed by atoms with Crippen molar-refractivity contribution < 1.29 is 4.79 Å². The maximum atomic E-state index is 12.3. The van der Waals surface area contributed by atoms with Crippen LogP contribution in [0.1, 0.15) is 58.9 Å². The molecule has 5 heteroatoms. The second-order valence-corrected chi connectivity index (χ2v) is 8.53. The Morgan fingerprint density at radius 1 is 1.12 bits per heavy atom. The second-order valence-electron chi connectivity index (χ2n) is 7.72. The minimum atomic E-state index is 0.0155. The van der Waals surface area contributed by atoms with Crippen molar-refractivity contribution >= 4 is 34.8 Å². The first-order valence-electron chi connectivity index (χ1n) is 8.48. The molecule has 1 saturated carbocycles. The number of nitrogens with one attached hydrogen (secondary N) is 1. The molecule has 1 aliphatic rings. The number of benzene rings is 1. The summed E-state index contributed by atoms with van der Waals surface area (Å²) in [4.78, 5) is 12.3. The number of carbonyl (C=O) groups excluding carboxylic acids is 1. The molecule has 3 nitrogen and oxygen atoms in total. The lowest BCUT2D eigenvalue weighted by atomic mass is 9.70. The van der Waals surface area contributed by atoms with E-state index in [4.69, 9.17) is 23.2 Å². The van der Waals surface area contributed by atoms with Gasteiger partial charge in [-0.15, -0.1) is 0 Å². The van der Waals surface area contributed by atoms with Crippen LogP contribution in [0.2, 0.25) is 10.0 Å². The zero-order valence-electron chi connectivity index (χ0n) is 14.8. The zero-order chi connectivity index (χ0) is 17.9. The Balaban J connectivity index is 1.92. The lowest BCUT2D eigenvalue weighted by Crippen LogP contribution is -2.33. The van der Waals surface area contributed by atoms with Gasteiger partial charge in [0.25, 0.3) is 0 Å². The van der Waals surface area contributed by atoms with Gasteiger partial charge in [-0.2, -0.15) is 5.10 Å². The maximum Gasteiger partial charge on any atom is 0.243 e. The van der Waals surface area contributed by atoms with E-state index in [1.54, 1.807) is 12.1 Å². The van der Waals surface area contributed by atoms with Crippen LogP contribution in [-0.2, 0) is 4.79 Å². The molecule has 132 valence electrons. The predicted octanol–water partition coefficient (Wildman–Crippen LogP) is 5.69. The molecule has 1 N–H and O–H groups in total. The van der Waals surface area contributed by atoms with Gasteiger partial charge in [0.1, 0.15) is 0 Å². The first-order valence-corrected chi connectivity index (χ1v) is 9.23. The minimum Gasteiger partial charge on any atom is -0.273 e. The molecule has 1 fully saturated rings. The van der Waals surface area contributed by atoms with Crippen molar-refractivity contribution in [3.8, 4) is 0 Å². The predicted molar refractivity (Wildman–Crippen MR) is 102 cm³/mol. The summed E-state index contributed by atoms with van der Waals surface area (Å²) in [5, 5.41) is 5.21. The van der Waals surface area contributed by atoms with E-state index >= 15 is 0 Å². The average Bonchev–Trinajstić information content (AvgIpc) is 2.54.